The molecule has 1 aliphatic heterocycles. The number of nitrogens with zero attached hydrogens (tertiary/aromatic N) is 3. The van der Waals surface area contributed by atoms with Crippen molar-refractivity contribution in [3.8, 4) is 0 Å². The molecule has 0 spiro atoms. The summed E-state index contributed by atoms with van der Waals surface area (Å²) in [5.74, 6) is 0.973. The van der Waals surface area contributed by atoms with Crippen LogP contribution in [-0.4, -0.2) is 23.5 Å². The van der Waals surface area contributed by atoms with E-state index in [2.05, 4.69) is 9.98 Å². The van der Waals surface area contributed by atoms with E-state index in [0.29, 0.717) is 5.17 Å². The second kappa shape index (κ2) is 2.64. The molecular formula is C4H4N3S-. The molecule has 8 heavy (non-hydrogen) atoms. The highest BCUT2D eigenvalue weighted by Crippen LogP contribution is 2.10. The van der Waals surface area contributed by atoms with Crippen LogP contribution in [-0.2, 0) is 0 Å². The SMILES string of the molecule is [N-]=C=NC1=NCCS1. The Morgan fingerprint density at radius 3 is 3.25 bits per heavy atom. The third-order valence-corrected chi connectivity index (χ3v) is 1.58. The van der Waals surface area contributed by atoms with Crippen LogP contribution in [0, 0.1) is 0 Å². The molecule has 0 unspecified atom stereocenters. The van der Waals surface area contributed by atoms with Gasteiger partial charge in [-0.05, 0) is 0 Å². The number of hydrogen-bond donors (Lipinski definition) is 0. The van der Waals surface area contributed by atoms with E-state index in [1.807, 2.05) is 0 Å². The molecular weight excluding hydrogens is 122 g/mol. The second-order valence-electron chi connectivity index (χ2n) is 1.22. The molecule has 0 atom stereocenters. The Kier molecular flexibility index (Phi) is 1.83. The maximum atomic E-state index is 8.02. The van der Waals surface area contributed by atoms with Gasteiger partial charge in [-0.3, -0.25) is 4.99 Å². The average Bonchev–Trinajstić information content (AvgIpc) is 2.19. The van der Waals surface area contributed by atoms with Crippen LogP contribution in [0.5, 0.6) is 0 Å². The molecule has 1 heterocycles. The molecule has 42 valence electrons. The van der Waals surface area contributed by atoms with Crippen LogP contribution in [0.4, 0.5) is 0 Å². The van der Waals surface area contributed by atoms with Gasteiger partial charge in [0.05, 0.1) is 5.17 Å². The van der Waals surface area contributed by atoms with E-state index in [9.17, 15) is 0 Å². The summed E-state index contributed by atoms with van der Waals surface area (Å²) in [5, 5.41) is 8.65. The Morgan fingerprint density at radius 2 is 2.75 bits per heavy atom. The minimum Gasteiger partial charge on any atom is -0.422 e. The van der Waals surface area contributed by atoms with Crippen molar-refractivity contribution in [1.82, 2.24) is 0 Å². The molecule has 0 bridgehead atoms. The lowest BCUT2D eigenvalue weighted by Crippen LogP contribution is -1.76. The van der Waals surface area contributed by atoms with Gasteiger partial charge in [-0.25, -0.2) is 0 Å². The van der Waals surface area contributed by atoms with E-state index in [-0.39, 0.29) is 0 Å². The first-order chi connectivity index (χ1) is 3.93. The zero-order chi connectivity index (χ0) is 5.82. The van der Waals surface area contributed by atoms with Crippen LogP contribution in [0.2, 0.25) is 0 Å². The molecule has 1 rings (SSSR count). The van der Waals surface area contributed by atoms with Gasteiger partial charge in [-0.2, -0.15) is 0 Å². The topological polar surface area (TPSA) is 47.0 Å². The number of aliphatic imine (C=N–C) groups is 2. The molecule has 3 nitrogen and oxygen atoms in total. The van der Waals surface area contributed by atoms with E-state index < -0.39 is 0 Å². The van der Waals surface area contributed by atoms with E-state index in [1.165, 1.54) is 11.8 Å². The van der Waals surface area contributed by atoms with Crippen molar-refractivity contribution < 1.29 is 0 Å². The van der Waals surface area contributed by atoms with Gasteiger partial charge in [0.25, 0.3) is 0 Å². The van der Waals surface area contributed by atoms with Crippen molar-refractivity contribution in [2.24, 2.45) is 9.98 Å². The zero-order valence-corrected chi connectivity index (χ0v) is 4.98. The summed E-state index contributed by atoms with van der Waals surface area (Å²) in [5.41, 5.74) is 0. The summed E-state index contributed by atoms with van der Waals surface area (Å²) < 4.78 is 0. The number of rotatable bonds is 0. The van der Waals surface area contributed by atoms with Gasteiger partial charge in [0.1, 0.15) is 0 Å². The average molecular weight is 126 g/mol. The predicted octanol–water partition coefficient (Wildman–Crippen LogP) is 0.833. The van der Waals surface area contributed by atoms with Crippen LogP contribution < -0.4 is 0 Å². The van der Waals surface area contributed by atoms with Crippen molar-refractivity contribution in [1.29, 1.82) is 0 Å². The Bertz CT molecular complexity index is 157. The minimum absolute atomic E-state index is 0.632. The molecule has 0 amide bonds. The van der Waals surface area contributed by atoms with E-state index >= 15 is 0 Å². The Hall–Kier alpha value is -0.600. The van der Waals surface area contributed by atoms with E-state index in [1.54, 1.807) is 6.01 Å². The Morgan fingerprint density at radius 1 is 1.88 bits per heavy atom. The van der Waals surface area contributed by atoms with Crippen LogP contribution in [0.25, 0.3) is 5.41 Å². The quantitative estimate of drug-likeness (QED) is 0.443. The lowest BCUT2D eigenvalue weighted by atomic mass is 10.8. The molecule has 0 saturated heterocycles. The predicted molar refractivity (Wildman–Crippen MR) is 35.6 cm³/mol. The van der Waals surface area contributed by atoms with Crippen LogP contribution in [0.3, 0.4) is 0 Å². The fraction of sp³-hybridized carbons (Fsp3) is 0.500. The molecule has 4 heteroatoms. The maximum Gasteiger partial charge on any atom is 0.0854 e. The van der Waals surface area contributed by atoms with Crippen molar-refractivity contribution in [3.05, 3.63) is 5.41 Å². The number of thioether (sulfide) groups is 1. The fourth-order valence-corrected chi connectivity index (χ4v) is 1.09. The van der Waals surface area contributed by atoms with Crippen molar-refractivity contribution in [2.75, 3.05) is 12.3 Å². The van der Waals surface area contributed by atoms with Crippen LogP contribution in [0.15, 0.2) is 9.98 Å². The van der Waals surface area contributed by atoms with Gasteiger partial charge in [0.15, 0.2) is 0 Å². The summed E-state index contributed by atoms with van der Waals surface area (Å²) >= 11 is 1.53. The smallest absolute Gasteiger partial charge is 0.0854 e. The van der Waals surface area contributed by atoms with Gasteiger partial charge in [0.2, 0.25) is 0 Å². The van der Waals surface area contributed by atoms with Crippen molar-refractivity contribution >= 4 is 22.9 Å². The largest absolute Gasteiger partial charge is 0.422 e. The Balaban J connectivity index is 2.57. The highest BCUT2D eigenvalue weighted by atomic mass is 32.2. The van der Waals surface area contributed by atoms with Gasteiger partial charge in [-0.1, -0.05) is 0 Å². The van der Waals surface area contributed by atoms with Gasteiger partial charge >= 0.3 is 0 Å². The molecule has 0 N–H and O–H groups in total. The molecule has 0 saturated carbocycles. The highest BCUT2D eigenvalue weighted by molar-refractivity contribution is 8.14. The summed E-state index contributed by atoms with van der Waals surface area (Å²) in [6, 6.07) is 1.68. The third kappa shape index (κ3) is 1.18. The van der Waals surface area contributed by atoms with Gasteiger partial charge in [0, 0.05) is 12.3 Å². The molecule has 0 aromatic heterocycles. The van der Waals surface area contributed by atoms with Crippen LogP contribution >= 0.6 is 11.8 Å². The lowest BCUT2D eigenvalue weighted by molar-refractivity contribution is 1.17. The minimum atomic E-state index is 0.632. The number of hydrogen-bond acceptors (Lipinski definition) is 3. The maximum absolute atomic E-state index is 8.02. The normalized spacial score (nSPS) is 17.2. The second-order valence-corrected chi connectivity index (χ2v) is 2.29. The number of amidine groups is 1. The first-order valence-electron chi connectivity index (χ1n) is 2.20. The van der Waals surface area contributed by atoms with Crippen molar-refractivity contribution in [2.45, 2.75) is 0 Å². The first kappa shape index (κ1) is 5.54. The standard InChI is InChI=1S/C4H4N3S/c5-3-7-4-6-1-2-8-4/h1-2H2/q-1. The van der Waals surface area contributed by atoms with E-state index in [0.717, 1.165) is 12.3 Å². The Labute approximate surface area is 51.4 Å². The first-order valence-corrected chi connectivity index (χ1v) is 3.19. The van der Waals surface area contributed by atoms with Crippen molar-refractivity contribution in [3.63, 3.8) is 0 Å². The lowest BCUT2D eigenvalue weighted by Gasteiger charge is -1.89. The molecule has 0 aromatic carbocycles. The zero-order valence-electron chi connectivity index (χ0n) is 4.16. The summed E-state index contributed by atoms with van der Waals surface area (Å²) in [6.07, 6.45) is 0. The highest BCUT2D eigenvalue weighted by Gasteiger charge is 1.97. The monoisotopic (exact) mass is 126 g/mol. The third-order valence-electron chi connectivity index (χ3n) is 0.715. The van der Waals surface area contributed by atoms with Gasteiger partial charge in [-0.15, -0.1) is 17.8 Å². The fourth-order valence-electron chi connectivity index (χ4n) is 0.434. The molecule has 0 fully saturated rings. The van der Waals surface area contributed by atoms with E-state index in [4.69, 9.17) is 5.41 Å². The van der Waals surface area contributed by atoms with Crippen LogP contribution in [0.1, 0.15) is 0 Å². The molecule has 0 radical (unpaired) electrons. The summed E-state index contributed by atoms with van der Waals surface area (Å²) in [6.45, 7) is 0.811. The summed E-state index contributed by atoms with van der Waals surface area (Å²) in [4.78, 5) is 7.36. The summed E-state index contributed by atoms with van der Waals surface area (Å²) in [7, 11) is 0. The molecule has 1 aliphatic rings. The molecule has 0 aromatic rings. The van der Waals surface area contributed by atoms with Gasteiger partial charge < -0.3 is 10.4 Å². The molecule has 0 aliphatic carbocycles.